The van der Waals surface area contributed by atoms with E-state index >= 15 is 0 Å². The van der Waals surface area contributed by atoms with E-state index in [2.05, 4.69) is 15.6 Å². The average Bonchev–Trinajstić information content (AvgIpc) is 2.57. The van der Waals surface area contributed by atoms with Crippen molar-refractivity contribution in [3.8, 4) is 5.75 Å². The predicted molar refractivity (Wildman–Crippen MR) is 96.0 cm³/mol. The first kappa shape index (κ1) is 20.2. The maximum Gasteiger partial charge on any atom is 0.191 e. The lowest BCUT2D eigenvalue weighted by molar-refractivity contribution is 0.0418. The first-order valence-electron chi connectivity index (χ1n) is 8.59. The van der Waals surface area contributed by atoms with E-state index in [0.717, 1.165) is 6.54 Å². The van der Waals surface area contributed by atoms with Crippen molar-refractivity contribution in [1.29, 1.82) is 0 Å². The molecule has 0 bridgehead atoms. The number of ether oxygens (including phenoxy) is 1. The second kappa shape index (κ2) is 10.1. The summed E-state index contributed by atoms with van der Waals surface area (Å²) in [4.78, 5) is 4.45. The Morgan fingerprint density at radius 2 is 2.00 bits per heavy atom. The van der Waals surface area contributed by atoms with Crippen LogP contribution in [0, 0.1) is 5.82 Å². The van der Waals surface area contributed by atoms with E-state index in [1.54, 1.807) is 12.1 Å². The second-order valence-corrected chi connectivity index (χ2v) is 5.89. The summed E-state index contributed by atoms with van der Waals surface area (Å²) in [5.41, 5.74) is -0.772. The number of rotatable bonds is 9. The highest BCUT2D eigenvalue weighted by molar-refractivity contribution is 5.79. The molecule has 0 radical (unpaired) electrons. The molecule has 24 heavy (non-hydrogen) atoms. The van der Waals surface area contributed by atoms with E-state index < -0.39 is 5.60 Å². The third-order valence-corrected chi connectivity index (χ3v) is 3.88. The molecule has 1 aromatic rings. The van der Waals surface area contributed by atoms with E-state index in [0.29, 0.717) is 37.6 Å². The molecule has 0 saturated heterocycles. The van der Waals surface area contributed by atoms with E-state index in [1.165, 1.54) is 12.1 Å². The Morgan fingerprint density at radius 1 is 1.29 bits per heavy atom. The number of halogens is 1. The van der Waals surface area contributed by atoms with Gasteiger partial charge in [0.25, 0.3) is 0 Å². The van der Waals surface area contributed by atoms with Gasteiger partial charge in [-0.05, 0) is 38.8 Å². The van der Waals surface area contributed by atoms with Gasteiger partial charge in [0.1, 0.15) is 17.7 Å². The lowest BCUT2D eigenvalue weighted by atomic mass is 9.98. The van der Waals surface area contributed by atoms with Crippen LogP contribution in [0.5, 0.6) is 5.75 Å². The van der Waals surface area contributed by atoms with Gasteiger partial charge >= 0.3 is 0 Å². The number of hydrogen-bond donors (Lipinski definition) is 3. The minimum atomic E-state index is -0.772. The number of nitrogens with one attached hydrogen (secondary N) is 2. The van der Waals surface area contributed by atoms with Crippen LogP contribution in [0.2, 0.25) is 0 Å². The van der Waals surface area contributed by atoms with Gasteiger partial charge in [-0.1, -0.05) is 19.9 Å². The zero-order chi connectivity index (χ0) is 18.0. The maximum absolute atomic E-state index is 13.2. The smallest absolute Gasteiger partial charge is 0.191 e. The Bertz CT molecular complexity index is 519. The summed E-state index contributed by atoms with van der Waals surface area (Å²) in [6, 6.07) is 6.08. The first-order chi connectivity index (χ1) is 11.4. The summed E-state index contributed by atoms with van der Waals surface area (Å²) in [6.45, 7) is 9.36. The van der Waals surface area contributed by atoms with Crippen LogP contribution in [0.25, 0.3) is 0 Å². The van der Waals surface area contributed by atoms with Crippen molar-refractivity contribution in [3.63, 3.8) is 0 Å². The van der Waals surface area contributed by atoms with Crippen molar-refractivity contribution < 1.29 is 14.2 Å². The SMILES string of the molecule is CCNC(=NCC(O)(CC)CC)NCC(C)Oc1cccc(F)c1. The van der Waals surface area contributed by atoms with Crippen molar-refractivity contribution in [2.24, 2.45) is 4.99 Å². The fourth-order valence-corrected chi connectivity index (χ4v) is 2.10. The number of aliphatic imine (C=N–C) groups is 1. The molecule has 0 aliphatic heterocycles. The van der Waals surface area contributed by atoms with Crippen molar-refractivity contribution >= 4 is 5.96 Å². The monoisotopic (exact) mass is 339 g/mol. The average molecular weight is 339 g/mol. The summed E-state index contributed by atoms with van der Waals surface area (Å²) in [6.07, 6.45) is 1.16. The molecule has 0 aliphatic rings. The number of hydrogen-bond acceptors (Lipinski definition) is 3. The van der Waals surface area contributed by atoms with Crippen LogP contribution in [0.1, 0.15) is 40.5 Å². The van der Waals surface area contributed by atoms with Crippen molar-refractivity contribution in [3.05, 3.63) is 30.1 Å². The molecule has 0 heterocycles. The molecule has 0 saturated carbocycles. The van der Waals surface area contributed by atoms with E-state index in [-0.39, 0.29) is 11.9 Å². The largest absolute Gasteiger partial charge is 0.489 e. The summed E-state index contributed by atoms with van der Waals surface area (Å²) in [5, 5.41) is 16.7. The van der Waals surface area contributed by atoms with Gasteiger partial charge in [-0.2, -0.15) is 0 Å². The minimum absolute atomic E-state index is 0.160. The number of aliphatic hydroxyl groups is 1. The molecule has 1 aromatic carbocycles. The van der Waals surface area contributed by atoms with Crippen LogP contribution in [-0.4, -0.2) is 42.4 Å². The minimum Gasteiger partial charge on any atom is -0.489 e. The molecule has 1 rings (SSSR count). The Kier molecular flexibility index (Phi) is 8.54. The first-order valence-corrected chi connectivity index (χ1v) is 8.59. The molecule has 0 aliphatic carbocycles. The number of nitrogens with zero attached hydrogens (tertiary/aromatic N) is 1. The zero-order valence-electron chi connectivity index (χ0n) is 15.1. The van der Waals surface area contributed by atoms with Gasteiger partial charge in [-0.15, -0.1) is 0 Å². The Balaban J connectivity index is 2.55. The molecule has 0 fully saturated rings. The third-order valence-electron chi connectivity index (χ3n) is 3.88. The van der Waals surface area contributed by atoms with Crippen LogP contribution in [-0.2, 0) is 0 Å². The van der Waals surface area contributed by atoms with Gasteiger partial charge in [0.15, 0.2) is 5.96 Å². The normalized spacial score (nSPS) is 13.5. The molecule has 0 spiro atoms. The van der Waals surface area contributed by atoms with Crippen molar-refractivity contribution in [1.82, 2.24) is 10.6 Å². The Hall–Kier alpha value is -1.82. The molecular formula is C18H30FN3O2. The standard InChI is InChI=1S/C18H30FN3O2/c1-5-18(23,6-2)13-22-17(20-7-3)21-12-14(4)24-16-10-8-9-15(19)11-16/h8-11,14,23H,5-7,12-13H2,1-4H3,(H2,20,21,22). The van der Waals surface area contributed by atoms with Crippen LogP contribution in [0.3, 0.4) is 0 Å². The van der Waals surface area contributed by atoms with E-state index in [1.807, 2.05) is 27.7 Å². The summed E-state index contributed by atoms with van der Waals surface area (Å²) in [7, 11) is 0. The molecule has 1 atom stereocenters. The number of guanidine groups is 1. The third kappa shape index (κ3) is 7.17. The highest BCUT2D eigenvalue weighted by atomic mass is 19.1. The topological polar surface area (TPSA) is 65.9 Å². The zero-order valence-corrected chi connectivity index (χ0v) is 15.1. The molecule has 5 nitrogen and oxygen atoms in total. The Morgan fingerprint density at radius 3 is 2.58 bits per heavy atom. The quantitative estimate of drug-likeness (QED) is 0.478. The fourth-order valence-electron chi connectivity index (χ4n) is 2.10. The fraction of sp³-hybridized carbons (Fsp3) is 0.611. The summed E-state index contributed by atoms with van der Waals surface area (Å²) in [5.74, 6) is 0.811. The van der Waals surface area contributed by atoms with Gasteiger partial charge in [-0.3, -0.25) is 4.99 Å². The highest BCUT2D eigenvalue weighted by Gasteiger charge is 2.21. The lowest BCUT2D eigenvalue weighted by Gasteiger charge is -2.24. The van der Waals surface area contributed by atoms with Crippen molar-refractivity contribution in [2.45, 2.75) is 52.2 Å². The van der Waals surface area contributed by atoms with Crippen LogP contribution < -0.4 is 15.4 Å². The van der Waals surface area contributed by atoms with E-state index in [9.17, 15) is 9.50 Å². The van der Waals surface area contributed by atoms with E-state index in [4.69, 9.17) is 4.74 Å². The molecule has 6 heteroatoms. The molecule has 1 unspecified atom stereocenters. The molecule has 136 valence electrons. The van der Waals surface area contributed by atoms with Gasteiger partial charge in [0.05, 0.1) is 18.7 Å². The highest BCUT2D eigenvalue weighted by Crippen LogP contribution is 2.15. The van der Waals surface area contributed by atoms with Gasteiger partial charge < -0.3 is 20.5 Å². The molecule has 0 aromatic heterocycles. The predicted octanol–water partition coefficient (Wildman–Crippen LogP) is 2.70. The molecule has 0 amide bonds. The number of benzene rings is 1. The van der Waals surface area contributed by atoms with Gasteiger partial charge in [0, 0.05) is 12.6 Å². The maximum atomic E-state index is 13.2. The molecule has 3 N–H and O–H groups in total. The summed E-state index contributed by atoms with van der Waals surface area (Å²) < 4.78 is 18.8. The van der Waals surface area contributed by atoms with Crippen LogP contribution >= 0.6 is 0 Å². The Labute approximate surface area is 144 Å². The van der Waals surface area contributed by atoms with Crippen LogP contribution in [0.4, 0.5) is 4.39 Å². The van der Waals surface area contributed by atoms with Crippen LogP contribution in [0.15, 0.2) is 29.3 Å². The van der Waals surface area contributed by atoms with Crippen molar-refractivity contribution in [2.75, 3.05) is 19.6 Å². The molecular weight excluding hydrogens is 309 g/mol. The van der Waals surface area contributed by atoms with Gasteiger partial charge in [-0.25, -0.2) is 4.39 Å². The van der Waals surface area contributed by atoms with Gasteiger partial charge in [0.2, 0.25) is 0 Å². The second-order valence-electron chi connectivity index (χ2n) is 5.89. The lowest BCUT2D eigenvalue weighted by Crippen LogP contribution is -2.43. The summed E-state index contributed by atoms with van der Waals surface area (Å²) >= 11 is 0.